The topological polar surface area (TPSA) is 48.1 Å². The molecule has 1 heterocycles. The van der Waals surface area contributed by atoms with Crippen LogP contribution in [-0.4, -0.2) is 12.1 Å². The summed E-state index contributed by atoms with van der Waals surface area (Å²) in [6.07, 6.45) is -2.61. The maximum absolute atomic E-state index is 12.3. The van der Waals surface area contributed by atoms with Crippen molar-refractivity contribution in [2.24, 2.45) is 0 Å². The van der Waals surface area contributed by atoms with Gasteiger partial charge in [-0.15, -0.1) is 0 Å². The molecule has 0 atom stereocenters. The lowest BCUT2D eigenvalue weighted by atomic mass is 10.3. The predicted molar refractivity (Wildman–Crippen MR) is 52.9 cm³/mol. The van der Waals surface area contributed by atoms with Crippen molar-refractivity contribution in [2.45, 2.75) is 6.43 Å². The van der Waals surface area contributed by atoms with Crippen LogP contribution in [0.5, 0.6) is 5.75 Å². The zero-order valence-electron chi connectivity index (χ0n) is 6.72. The smallest absolute Gasteiger partial charge is 0.281 e. The quantitative estimate of drug-likeness (QED) is 0.852. The van der Waals surface area contributed by atoms with E-state index in [1.54, 1.807) is 22.6 Å². The molecule has 0 aliphatic heterocycles. The summed E-state index contributed by atoms with van der Waals surface area (Å²) in [6, 6.07) is 1.43. The molecule has 0 unspecified atom stereocenters. The molecular weight excluding hydrogens is 293 g/mol. The monoisotopic (exact) mass is 300 g/mol. The van der Waals surface area contributed by atoms with Gasteiger partial charge in [0.1, 0.15) is 5.69 Å². The summed E-state index contributed by atoms with van der Waals surface area (Å²) >= 11 is 1.76. The first-order valence-corrected chi connectivity index (χ1v) is 4.42. The maximum atomic E-state index is 12.3. The molecule has 1 aromatic heterocycles. The average Bonchev–Trinajstić information content (AvgIpc) is 2.07. The zero-order valence-corrected chi connectivity index (χ0v) is 8.88. The SMILES string of the molecule is COc1cc(I)c(C(F)F)nc1N. The number of aromatic nitrogens is 1. The molecule has 1 rings (SSSR count). The molecule has 0 saturated carbocycles. The molecule has 0 amide bonds. The Morgan fingerprint density at radius 3 is 2.69 bits per heavy atom. The number of halogens is 3. The fourth-order valence-electron chi connectivity index (χ4n) is 0.818. The van der Waals surface area contributed by atoms with Crippen LogP contribution in [0.15, 0.2) is 6.07 Å². The van der Waals surface area contributed by atoms with Crippen LogP contribution in [0, 0.1) is 3.57 Å². The summed E-state index contributed by atoms with van der Waals surface area (Å²) in [7, 11) is 1.41. The highest BCUT2D eigenvalue weighted by molar-refractivity contribution is 14.1. The van der Waals surface area contributed by atoms with Crippen LogP contribution in [0.2, 0.25) is 0 Å². The first kappa shape index (κ1) is 10.4. The van der Waals surface area contributed by atoms with Gasteiger partial charge in [-0.2, -0.15) is 0 Å². The standard InChI is InChI=1S/C7H7F2IN2O/c1-13-4-2-3(10)5(6(8)9)12-7(4)11/h2,6H,1H3,(H2,11,12). The lowest BCUT2D eigenvalue weighted by Crippen LogP contribution is -2.02. The van der Waals surface area contributed by atoms with Crippen molar-refractivity contribution in [1.82, 2.24) is 4.98 Å². The summed E-state index contributed by atoms with van der Waals surface area (Å²) in [5, 5.41) is 0. The molecule has 0 aliphatic carbocycles. The number of nitrogens with zero attached hydrogens (tertiary/aromatic N) is 1. The normalized spacial score (nSPS) is 10.5. The van der Waals surface area contributed by atoms with Crippen LogP contribution in [0.1, 0.15) is 12.1 Å². The van der Waals surface area contributed by atoms with Crippen LogP contribution in [0.25, 0.3) is 0 Å². The Bertz CT molecular complexity index is 320. The number of anilines is 1. The second-order valence-electron chi connectivity index (χ2n) is 2.24. The Labute approximate surface area is 87.4 Å². The first-order valence-electron chi connectivity index (χ1n) is 3.34. The highest BCUT2D eigenvalue weighted by Gasteiger charge is 2.16. The van der Waals surface area contributed by atoms with Crippen molar-refractivity contribution in [3.63, 3.8) is 0 Å². The van der Waals surface area contributed by atoms with Crippen LogP contribution < -0.4 is 10.5 Å². The molecule has 13 heavy (non-hydrogen) atoms. The number of methoxy groups -OCH3 is 1. The molecule has 0 radical (unpaired) electrons. The van der Waals surface area contributed by atoms with E-state index in [0.29, 0.717) is 9.32 Å². The molecule has 0 aliphatic rings. The number of rotatable bonds is 2. The van der Waals surface area contributed by atoms with Gasteiger partial charge in [-0.05, 0) is 28.7 Å². The van der Waals surface area contributed by atoms with E-state index >= 15 is 0 Å². The fourth-order valence-corrected chi connectivity index (χ4v) is 1.46. The number of alkyl halides is 2. The summed E-state index contributed by atoms with van der Waals surface area (Å²) < 4.78 is 29.7. The molecule has 3 nitrogen and oxygen atoms in total. The van der Waals surface area contributed by atoms with Gasteiger partial charge < -0.3 is 10.5 Å². The largest absolute Gasteiger partial charge is 0.493 e. The Hall–Kier alpha value is -0.660. The number of nitrogen functional groups attached to an aromatic ring is 1. The second-order valence-corrected chi connectivity index (χ2v) is 3.41. The maximum Gasteiger partial charge on any atom is 0.281 e. The summed E-state index contributed by atoms with van der Waals surface area (Å²) in [4.78, 5) is 3.54. The minimum absolute atomic E-state index is 0.0155. The van der Waals surface area contributed by atoms with Gasteiger partial charge in [0.15, 0.2) is 11.6 Å². The van der Waals surface area contributed by atoms with Gasteiger partial charge >= 0.3 is 0 Å². The van der Waals surface area contributed by atoms with Crippen LogP contribution in [-0.2, 0) is 0 Å². The summed E-state index contributed by atoms with van der Waals surface area (Å²) in [6.45, 7) is 0. The Balaban J connectivity index is 3.20. The van der Waals surface area contributed by atoms with E-state index in [1.165, 1.54) is 13.2 Å². The van der Waals surface area contributed by atoms with Gasteiger partial charge in [-0.3, -0.25) is 0 Å². The molecule has 0 aromatic carbocycles. The van der Waals surface area contributed by atoms with Crippen molar-refractivity contribution in [3.8, 4) is 5.75 Å². The highest BCUT2D eigenvalue weighted by atomic mass is 127. The lowest BCUT2D eigenvalue weighted by molar-refractivity contribution is 0.145. The molecule has 0 fully saturated rings. The number of nitrogens with two attached hydrogens (primary N) is 1. The minimum atomic E-state index is -2.61. The average molecular weight is 300 g/mol. The van der Waals surface area contributed by atoms with E-state index in [2.05, 4.69) is 4.98 Å². The second kappa shape index (κ2) is 4.03. The van der Waals surface area contributed by atoms with E-state index in [1.807, 2.05) is 0 Å². The van der Waals surface area contributed by atoms with E-state index < -0.39 is 6.43 Å². The highest BCUT2D eigenvalue weighted by Crippen LogP contribution is 2.29. The van der Waals surface area contributed by atoms with Crippen LogP contribution >= 0.6 is 22.6 Å². The van der Waals surface area contributed by atoms with Gasteiger partial charge in [0.25, 0.3) is 6.43 Å². The number of hydrogen-bond acceptors (Lipinski definition) is 3. The third-order valence-corrected chi connectivity index (χ3v) is 2.29. The molecule has 72 valence electrons. The van der Waals surface area contributed by atoms with E-state index in [-0.39, 0.29) is 11.5 Å². The molecule has 0 bridgehead atoms. The first-order chi connectivity index (χ1) is 6.06. The minimum Gasteiger partial charge on any atom is -0.493 e. The number of hydrogen-bond donors (Lipinski definition) is 1. The zero-order chi connectivity index (χ0) is 10.0. The summed E-state index contributed by atoms with van der Waals surface area (Å²) in [5.41, 5.74) is 5.06. The van der Waals surface area contributed by atoms with Gasteiger partial charge in [0, 0.05) is 3.57 Å². The van der Waals surface area contributed by atoms with Crippen molar-refractivity contribution < 1.29 is 13.5 Å². The molecule has 0 saturated heterocycles. The third kappa shape index (κ3) is 2.17. The molecule has 6 heteroatoms. The van der Waals surface area contributed by atoms with Crippen LogP contribution in [0.4, 0.5) is 14.6 Å². The Kier molecular flexibility index (Phi) is 3.23. The summed E-state index contributed by atoms with van der Waals surface area (Å²) in [5.74, 6) is 0.298. The van der Waals surface area contributed by atoms with Crippen molar-refractivity contribution in [2.75, 3.05) is 12.8 Å². The lowest BCUT2D eigenvalue weighted by Gasteiger charge is -2.07. The molecule has 1 aromatic rings. The van der Waals surface area contributed by atoms with Crippen molar-refractivity contribution in [1.29, 1.82) is 0 Å². The number of ether oxygens (including phenoxy) is 1. The Morgan fingerprint density at radius 2 is 2.23 bits per heavy atom. The predicted octanol–water partition coefficient (Wildman–Crippen LogP) is 2.21. The van der Waals surface area contributed by atoms with Gasteiger partial charge in [-0.25, -0.2) is 13.8 Å². The molecule has 0 spiro atoms. The fraction of sp³-hybridized carbons (Fsp3) is 0.286. The van der Waals surface area contributed by atoms with Gasteiger partial charge in [0.2, 0.25) is 0 Å². The molecular formula is C7H7F2IN2O. The van der Waals surface area contributed by atoms with Crippen molar-refractivity contribution >= 4 is 28.4 Å². The third-order valence-electron chi connectivity index (χ3n) is 1.42. The van der Waals surface area contributed by atoms with E-state index in [0.717, 1.165) is 0 Å². The van der Waals surface area contributed by atoms with Gasteiger partial charge in [-0.1, -0.05) is 0 Å². The van der Waals surface area contributed by atoms with E-state index in [9.17, 15) is 8.78 Å². The van der Waals surface area contributed by atoms with Crippen LogP contribution in [0.3, 0.4) is 0 Å². The Morgan fingerprint density at radius 1 is 1.62 bits per heavy atom. The molecule has 2 N–H and O–H groups in total. The van der Waals surface area contributed by atoms with Gasteiger partial charge in [0.05, 0.1) is 7.11 Å². The number of pyridine rings is 1. The van der Waals surface area contributed by atoms with Crippen molar-refractivity contribution in [3.05, 3.63) is 15.3 Å². The van der Waals surface area contributed by atoms with E-state index in [4.69, 9.17) is 10.5 Å².